The quantitative estimate of drug-likeness (QED) is 0.661. The predicted molar refractivity (Wildman–Crippen MR) is 63.0 cm³/mol. The first-order valence-corrected chi connectivity index (χ1v) is 5.38. The van der Waals surface area contributed by atoms with Crippen LogP contribution in [0.4, 0.5) is 0 Å². The maximum absolute atomic E-state index is 4.29. The van der Waals surface area contributed by atoms with Crippen LogP contribution < -0.4 is 0 Å². The second kappa shape index (κ2) is 4.43. The van der Waals surface area contributed by atoms with Crippen molar-refractivity contribution in [3.05, 3.63) is 30.2 Å². The Kier molecular flexibility index (Phi) is 3.45. The molecule has 2 aromatic rings. The summed E-state index contributed by atoms with van der Waals surface area (Å²) < 4.78 is 1.89. The average molecular weight is 205 g/mol. The van der Waals surface area contributed by atoms with Crippen LogP contribution in [0.2, 0.25) is 0 Å². The second-order valence-corrected chi connectivity index (χ2v) is 4.19. The lowest BCUT2D eigenvalue weighted by Gasteiger charge is -2.16. The highest BCUT2D eigenvalue weighted by atomic mass is 15.3. The van der Waals surface area contributed by atoms with Gasteiger partial charge in [-0.25, -0.2) is 9.50 Å². The molecule has 0 amide bonds. The molecule has 3 nitrogen and oxygen atoms in total. The summed E-state index contributed by atoms with van der Waals surface area (Å²) >= 11 is 0. The lowest BCUT2D eigenvalue weighted by Crippen LogP contribution is -2.15. The molecular weight excluding hydrogens is 186 g/mol. The van der Waals surface area contributed by atoms with E-state index in [2.05, 4.69) is 30.9 Å². The maximum atomic E-state index is 4.29. The van der Waals surface area contributed by atoms with Gasteiger partial charge in [0.05, 0.1) is 11.9 Å². The molecule has 0 aliphatic heterocycles. The van der Waals surface area contributed by atoms with Gasteiger partial charge in [0.2, 0.25) is 0 Å². The van der Waals surface area contributed by atoms with Gasteiger partial charge >= 0.3 is 0 Å². The Morgan fingerprint density at radius 1 is 1.20 bits per heavy atom. The van der Waals surface area contributed by atoms with Crippen LogP contribution >= 0.6 is 0 Å². The van der Waals surface area contributed by atoms with E-state index in [-0.39, 0.29) is 5.41 Å². The zero-order valence-corrected chi connectivity index (χ0v) is 10.2. The first-order valence-electron chi connectivity index (χ1n) is 5.38. The molecule has 0 atom stereocenters. The fraction of sp³-hybridized carbons (Fsp3) is 0.500. The molecule has 0 saturated heterocycles. The summed E-state index contributed by atoms with van der Waals surface area (Å²) in [5.74, 6) is 0. The van der Waals surface area contributed by atoms with E-state index in [1.165, 1.54) is 0 Å². The summed E-state index contributed by atoms with van der Waals surface area (Å²) in [5.41, 5.74) is 2.14. The first-order chi connectivity index (χ1) is 7.09. The number of rotatable bonds is 0. The molecule has 2 aromatic heterocycles. The van der Waals surface area contributed by atoms with Gasteiger partial charge in [-0.15, -0.1) is 0 Å². The lowest BCUT2D eigenvalue weighted by atomic mass is 9.93. The third-order valence-corrected chi connectivity index (χ3v) is 2.05. The number of aromatic nitrogens is 3. The minimum atomic E-state index is 0.0910. The monoisotopic (exact) mass is 205 g/mol. The number of imidazole rings is 1. The molecule has 2 rings (SSSR count). The predicted octanol–water partition coefficient (Wildman–Crippen LogP) is 3.05. The van der Waals surface area contributed by atoms with Crippen molar-refractivity contribution in [3.8, 4) is 0 Å². The summed E-state index contributed by atoms with van der Waals surface area (Å²) in [4.78, 5) is 4.29. The van der Waals surface area contributed by atoms with E-state index in [1.807, 2.05) is 36.7 Å². The van der Waals surface area contributed by atoms with Crippen molar-refractivity contribution in [1.29, 1.82) is 0 Å². The van der Waals surface area contributed by atoms with E-state index in [0.29, 0.717) is 0 Å². The van der Waals surface area contributed by atoms with Gasteiger partial charge in [0.15, 0.2) is 5.65 Å². The van der Waals surface area contributed by atoms with Gasteiger partial charge < -0.3 is 0 Å². The molecule has 0 aliphatic carbocycles. The molecule has 15 heavy (non-hydrogen) atoms. The minimum absolute atomic E-state index is 0.0910. The topological polar surface area (TPSA) is 30.2 Å². The van der Waals surface area contributed by atoms with Gasteiger partial charge in [0, 0.05) is 11.6 Å². The van der Waals surface area contributed by atoms with Crippen LogP contribution in [0.3, 0.4) is 0 Å². The molecule has 3 heteroatoms. The fourth-order valence-corrected chi connectivity index (χ4v) is 1.34. The van der Waals surface area contributed by atoms with Crippen molar-refractivity contribution in [1.82, 2.24) is 14.6 Å². The van der Waals surface area contributed by atoms with E-state index in [0.717, 1.165) is 11.3 Å². The van der Waals surface area contributed by atoms with Gasteiger partial charge in [-0.3, -0.25) is 0 Å². The van der Waals surface area contributed by atoms with Crippen molar-refractivity contribution in [3.63, 3.8) is 0 Å². The highest BCUT2D eigenvalue weighted by molar-refractivity contribution is 5.39. The molecule has 2 heterocycles. The van der Waals surface area contributed by atoms with Gasteiger partial charge in [0.25, 0.3) is 0 Å². The lowest BCUT2D eigenvalue weighted by molar-refractivity contribution is 0.551. The largest absolute Gasteiger partial charge is 0.235 e. The molecule has 0 fully saturated rings. The van der Waals surface area contributed by atoms with Crippen molar-refractivity contribution < 1.29 is 0 Å². The van der Waals surface area contributed by atoms with Crippen LogP contribution in [0, 0.1) is 0 Å². The SMILES string of the molecule is CC.CC(C)(C)c1cnc2cccnn12. The molecule has 0 saturated carbocycles. The van der Waals surface area contributed by atoms with Crippen LogP contribution in [-0.2, 0) is 5.41 Å². The smallest absolute Gasteiger partial charge is 0.153 e. The van der Waals surface area contributed by atoms with E-state index in [9.17, 15) is 0 Å². The standard InChI is InChI=1S/C10H13N3.C2H6/c1-10(2,3)8-7-11-9-5-4-6-12-13(8)9;1-2/h4-7H,1-3H3;1-2H3. The Morgan fingerprint density at radius 3 is 2.47 bits per heavy atom. The Morgan fingerprint density at radius 2 is 1.87 bits per heavy atom. The number of hydrogen-bond donors (Lipinski definition) is 0. The normalized spacial score (nSPS) is 11.0. The van der Waals surface area contributed by atoms with Gasteiger partial charge in [-0.1, -0.05) is 34.6 Å². The van der Waals surface area contributed by atoms with Crippen molar-refractivity contribution in [2.75, 3.05) is 0 Å². The van der Waals surface area contributed by atoms with Crippen molar-refractivity contribution in [2.45, 2.75) is 40.0 Å². The van der Waals surface area contributed by atoms with E-state index < -0.39 is 0 Å². The van der Waals surface area contributed by atoms with Gasteiger partial charge in [0.1, 0.15) is 0 Å². The Hall–Kier alpha value is -1.38. The third kappa shape index (κ3) is 2.35. The molecule has 0 aliphatic rings. The number of nitrogens with zero attached hydrogens (tertiary/aromatic N) is 3. The average Bonchev–Trinajstić information content (AvgIpc) is 2.63. The molecular formula is C12H19N3. The van der Waals surface area contributed by atoms with Crippen LogP contribution in [0.1, 0.15) is 40.3 Å². The molecule has 0 radical (unpaired) electrons. The zero-order valence-electron chi connectivity index (χ0n) is 10.2. The first kappa shape index (κ1) is 11.7. The van der Waals surface area contributed by atoms with E-state index >= 15 is 0 Å². The summed E-state index contributed by atoms with van der Waals surface area (Å²) in [7, 11) is 0. The highest BCUT2D eigenvalue weighted by Gasteiger charge is 2.18. The van der Waals surface area contributed by atoms with Crippen molar-refractivity contribution >= 4 is 5.65 Å². The molecule has 0 unspecified atom stereocenters. The third-order valence-electron chi connectivity index (χ3n) is 2.05. The maximum Gasteiger partial charge on any atom is 0.153 e. The van der Waals surface area contributed by atoms with Crippen LogP contribution in [-0.4, -0.2) is 14.6 Å². The highest BCUT2D eigenvalue weighted by Crippen LogP contribution is 2.21. The minimum Gasteiger partial charge on any atom is -0.235 e. The second-order valence-electron chi connectivity index (χ2n) is 4.19. The summed E-state index contributed by atoms with van der Waals surface area (Å²) in [6.45, 7) is 10.5. The van der Waals surface area contributed by atoms with E-state index in [1.54, 1.807) is 6.20 Å². The van der Waals surface area contributed by atoms with E-state index in [4.69, 9.17) is 0 Å². The molecule has 0 aromatic carbocycles. The molecule has 0 N–H and O–H groups in total. The summed E-state index contributed by atoms with van der Waals surface area (Å²) in [5, 5.41) is 4.26. The Balaban J connectivity index is 0.000000531. The Labute approximate surface area is 91.2 Å². The molecule has 0 bridgehead atoms. The van der Waals surface area contributed by atoms with Gasteiger partial charge in [-0.05, 0) is 12.1 Å². The van der Waals surface area contributed by atoms with Crippen LogP contribution in [0.15, 0.2) is 24.5 Å². The molecule has 82 valence electrons. The number of fused-ring (bicyclic) bond motifs is 1. The number of hydrogen-bond acceptors (Lipinski definition) is 2. The van der Waals surface area contributed by atoms with Gasteiger partial charge in [-0.2, -0.15) is 5.10 Å². The fourth-order valence-electron chi connectivity index (χ4n) is 1.34. The van der Waals surface area contributed by atoms with Crippen LogP contribution in [0.5, 0.6) is 0 Å². The molecule has 0 spiro atoms. The van der Waals surface area contributed by atoms with Crippen LogP contribution in [0.25, 0.3) is 5.65 Å². The summed E-state index contributed by atoms with van der Waals surface area (Å²) in [6, 6.07) is 3.86. The summed E-state index contributed by atoms with van der Waals surface area (Å²) in [6.07, 6.45) is 3.67. The Bertz CT molecular complexity index is 424. The van der Waals surface area contributed by atoms with Crippen molar-refractivity contribution in [2.24, 2.45) is 0 Å². The zero-order chi connectivity index (χ0) is 11.5.